The van der Waals surface area contributed by atoms with E-state index in [1.54, 1.807) is 6.08 Å². The van der Waals surface area contributed by atoms with Crippen LogP contribution in [0.25, 0.3) is 0 Å². The van der Waals surface area contributed by atoms with Gasteiger partial charge in [0.1, 0.15) is 0 Å². The Labute approximate surface area is 149 Å². The lowest BCUT2D eigenvalue weighted by molar-refractivity contribution is -0.131. The van der Waals surface area contributed by atoms with Gasteiger partial charge < -0.3 is 5.11 Å². The van der Waals surface area contributed by atoms with Gasteiger partial charge in [-0.25, -0.2) is 4.79 Å². The highest BCUT2D eigenvalue weighted by Crippen LogP contribution is 2.38. The van der Waals surface area contributed by atoms with Crippen LogP contribution in [0.3, 0.4) is 0 Å². The number of carboxylic acid groups (broad SMARTS) is 1. The van der Waals surface area contributed by atoms with Crippen LogP contribution in [0.5, 0.6) is 0 Å². The number of carboxylic acids is 1. The Morgan fingerprint density at radius 1 is 0.917 bits per heavy atom. The SMILES string of the molecule is CCCCCCCCCC[C@H]1CCC[C@@H]1CC/C=C/C=C/C(=O)O. The number of unbranched alkanes of at least 4 members (excludes halogenated alkanes) is 7. The number of hydrogen-bond donors (Lipinski definition) is 1. The molecule has 0 amide bonds. The third-order valence-electron chi connectivity index (χ3n) is 5.44. The number of carbonyl (C=O) groups is 1. The summed E-state index contributed by atoms with van der Waals surface area (Å²) in [5, 5.41) is 8.53. The van der Waals surface area contributed by atoms with Crippen molar-refractivity contribution in [2.45, 2.75) is 96.8 Å². The van der Waals surface area contributed by atoms with Crippen molar-refractivity contribution in [1.29, 1.82) is 0 Å². The lowest BCUT2D eigenvalue weighted by Crippen LogP contribution is -2.07. The predicted molar refractivity (Wildman–Crippen MR) is 103 cm³/mol. The molecule has 0 aliphatic heterocycles. The summed E-state index contributed by atoms with van der Waals surface area (Å²) in [5.41, 5.74) is 0. The molecule has 2 nitrogen and oxygen atoms in total. The summed E-state index contributed by atoms with van der Waals surface area (Å²) in [6.45, 7) is 2.28. The smallest absolute Gasteiger partial charge is 0.328 e. The van der Waals surface area contributed by atoms with E-state index in [9.17, 15) is 4.79 Å². The quantitative estimate of drug-likeness (QED) is 0.213. The molecule has 0 radical (unpaired) electrons. The zero-order valence-corrected chi connectivity index (χ0v) is 15.7. The molecule has 1 fully saturated rings. The van der Waals surface area contributed by atoms with Gasteiger partial charge >= 0.3 is 5.97 Å². The van der Waals surface area contributed by atoms with Gasteiger partial charge in [0.15, 0.2) is 0 Å². The topological polar surface area (TPSA) is 37.3 Å². The summed E-state index contributed by atoms with van der Waals surface area (Å²) in [4.78, 5) is 10.4. The first kappa shape index (κ1) is 21.0. The van der Waals surface area contributed by atoms with Crippen LogP contribution in [-0.4, -0.2) is 11.1 Å². The zero-order valence-electron chi connectivity index (χ0n) is 15.7. The molecule has 0 aromatic rings. The molecule has 0 unspecified atom stereocenters. The number of allylic oxidation sites excluding steroid dienone is 3. The molecule has 2 heteroatoms. The molecule has 0 aromatic carbocycles. The predicted octanol–water partition coefficient (Wildman–Crippen LogP) is 6.91. The van der Waals surface area contributed by atoms with E-state index in [4.69, 9.17) is 5.11 Å². The highest BCUT2D eigenvalue weighted by Gasteiger charge is 2.25. The Bertz CT molecular complexity index is 370. The molecule has 1 rings (SSSR count). The number of rotatable bonds is 14. The van der Waals surface area contributed by atoms with E-state index in [-0.39, 0.29) is 0 Å². The van der Waals surface area contributed by atoms with Gasteiger partial charge in [0.25, 0.3) is 0 Å². The van der Waals surface area contributed by atoms with Gasteiger partial charge in [0, 0.05) is 6.08 Å². The molecule has 2 atom stereocenters. The fourth-order valence-electron chi connectivity index (χ4n) is 4.04. The van der Waals surface area contributed by atoms with Crippen LogP contribution in [0.2, 0.25) is 0 Å². The Hall–Kier alpha value is -1.05. The minimum atomic E-state index is -0.874. The number of aliphatic carboxylic acids is 1. The van der Waals surface area contributed by atoms with Crippen molar-refractivity contribution >= 4 is 5.97 Å². The van der Waals surface area contributed by atoms with Gasteiger partial charge in [-0.05, 0) is 24.7 Å². The van der Waals surface area contributed by atoms with E-state index in [0.717, 1.165) is 18.3 Å². The first-order chi connectivity index (χ1) is 11.7. The molecule has 138 valence electrons. The van der Waals surface area contributed by atoms with E-state index in [1.807, 2.05) is 6.08 Å². The minimum absolute atomic E-state index is 0.874. The first-order valence-electron chi connectivity index (χ1n) is 10.3. The van der Waals surface area contributed by atoms with E-state index in [2.05, 4.69) is 13.0 Å². The van der Waals surface area contributed by atoms with Gasteiger partial charge in [-0.1, -0.05) is 102 Å². The van der Waals surface area contributed by atoms with Crippen LogP contribution >= 0.6 is 0 Å². The van der Waals surface area contributed by atoms with Crippen LogP contribution in [0, 0.1) is 11.8 Å². The Morgan fingerprint density at radius 3 is 2.21 bits per heavy atom. The maximum atomic E-state index is 10.4. The molecule has 0 heterocycles. The Balaban J connectivity index is 2.05. The molecule has 0 spiro atoms. The fourth-order valence-corrected chi connectivity index (χ4v) is 4.04. The molecular formula is C22H38O2. The van der Waals surface area contributed by atoms with Crippen LogP contribution in [0.4, 0.5) is 0 Å². The third-order valence-corrected chi connectivity index (χ3v) is 5.44. The first-order valence-corrected chi connectivity index (χ1v) is 10.3. The Kier molecular flexibility index (Phi) is 12.5. The van der Waals surface area contributed by atoms with Crippen molar-refractivity contribution in [1.82, 2.24) is 0 Å². The zero-order chi connectivity index (χ0) is 17.5. The molecule has 0 saturated heterocycles. The van der Waals surface area contributed by atoms with Gasteiger partial charge in [0.2, 0.25) is 0 Å². The molecule has 24 heavy (non-hydrogen) atoms. The van der Waals surface area contributed by atoms with Crippen LogP contribution < -0.4 is 0 Å². The van der Waals surface area contributed by atoms with Crippen molar-refractivity contribution < 1.29 is 9.90 Å². The van der Waals surface area contributed by atoms with Crippen molar-refractivity contribution in [3.8, 4) is 0 Å². The van der Waals surface area contributed by atoms with Gasteiger partial charge in [-0.2, -0.15) is 0 Å². The van der Waals surface area contributed by atoms with Gasteiger partial charge in [-0.3, -0.25) is 0 Å². The van der Waals surface area contributed by atoms with Crippen molar-refractivity contribution in [2.24, 2.45) is 11.8 Å². The summed E-state index contributed by atoms with van der Waals surface area (Å²) in [6, 6.07) is 0. The standard InChI is InChI=1S/C22H38O2/c1-2-3-4-5-6-7-8-11-15-20-17-14-18-21(20)16-12-9-10-13-19-22(23)24/h9-10,13,19-21H,2-8,11-12,14-18H2,1H3,(H,23,24)/b10-9+,19-13+/t20-,21-/m0/s1. The van der Waals surface area contributed by atoms with Crippen molar-refractivity contribution in [2.75, 3.05) is 0 Å². The van der Waals surface area contributed by atoms with Crippen LogP contribution in [-0.2, 0) is 4.79 Å². The molecule has 0 aromatic heterocycles. The van der Waals surface area contributed by atoms with Crippen molar-refractivity contribution in [3.05, 3.63) is 24.3 Å². The van der Waals surface area contributed by atoms with Crippen LogP contribution in [0.15, 0.2) is 24.3 Å². The maximum Gasteiger partial charge on any atom is 0.328 e. The summed E-state index contributed by atoms with van der Waals surface area (Å²) in [6.07, 6.45) is 26.2. The normalized spacial score (nSPS) is 21.2. The van der Waals surface area contributed by atoms with E-state index in [0.29, 0.717) is 0 Å². The van der Waals surface area contributed by atoms with Crippen molar-refractivity contribution in [3.63, 3.8) is 0 Å². The van der Waals surface area contributed by atoms with E-state index >= 15 is 0 Å². The lowest BCUT2D eigenvalue weighted by atomic mass is 9.87. The second-order valence-corrected chi connectivity index (χ2v) is 7.42. The summed E-state index contributed by atoms with van der Waals surface area (Å²) < 4.78 is 0. The summed E-state index contributed by atoms with van der Waals surface area (Å²) in [5.74, 6) is 0.983. The molecule has 1 N–H and O–H groups in total. The van der Waals surface area contributed by atoms with Crippen LogP contribution in [0.1, 0.15) is 96.8 Å². The summed E-state index contributed by atoms with van der Waals surface area (Å²) >= 11 is 0. The molecule has 1 saturated carbocycles. The monoisotopic (exact) mass is 334 g/mol. The highest BCUT2D eigenvalue weighted by atomic mass is 16.4. The average molecular weight is 335 g/mol. The molecular weight excluding hydrogens is 296 g/mol. The largest absolute Gasteiger partial charge is 0.478 e. The van der Waals surface area contributed by atoms with Gasteiger partial charge in [0.05, 0.1) is 0 Å². The number of hydrogen-bond acceptors (Lipinski definition) is 1. The van der Waals surface area contributed by atoms with E-state index < -0.39 is 5.97 Å². The van der Waals surface area contributed by atoms with E-state index in [1.165, 1.54) is 89.5 Å². The molecule has 1 aliphatic carbocycles. The highest BCUT2D eigenvalue weighted by molar-refractivity contribution is 5.80. The Morgan fingerprint density at radius 2 is 1.54 bits per heavy atom. The second-order valence-electron chi connectivity index (χ2n) is 7.42. The average Bonchev–Trinajstić information content (AvgIpc) is 3.00. The van der Waals surface area contributed by atoms with Gasteiger partial charge in [-0.15, -0.1) is 0 Å². The lowest BCUT2D eigenvalue weighted by Gasteiger charge is -2.18. The fraction of sp³-hybridized carbons (Fsp3) is 0.773. The summed E-state index contributed by atoms with van der Waals surface area (Å²) in [7, 11) is 0. The molecule has 1 aliphatic rings. The molecule has 0 bridgehead atoms. The second kappa shape index (κ2) is 14.3. The maximum absolute atomic E-state index is 10.4. The minimum Gasteiger partial charge on any atom is -0.478 e. The third kappa shape index (κ3) is 10.7.